The third kappa shape index (κ3) is 5.15. The minimum atomic E-state index is -2.21. The van der Waals surface area contributed by atoms with Crippen LogP contribution in [0.15, 0.2) is 35.7 Å². The smallest absolute Gasteiger partial charge is 0.195 e. The molecule has 0 saturated heterocycles. The largest absolute Gasteiger partial charge is 0.393 e. The van der Waals surface area contributed by atoms with E-state index in [-0.39, 0.29) is 18.4 Å². The van der Waals surface area contributed by atoms with E-state index in [4.69, 9.17) is 0 Å². The fourth-order valence-corrected chi connectivity index (χ4v) is 10.3. The molecule has 0 radical (unpaired) electrons. The summed E-state index contributed by atoms with van der Waals surface area (Å²) in [6.07, 6.45) is 18.8. The monoisotopic (exact) mass is 542 g/mol. The number of aliphatic hydroxyl groups is 1. The Morgan fingerprint density at radius 1 is 1.10 bits per heavy atom. The van der Waals surface area contributed by atoms with E-state index in [1.165, 1.54) is 44.3 Å². The first-order valence-corrected chi connectivity index (χ1v) is 16.0. The minimum Gasteiger partial charge on any atom is -0.393 e. The van der Waals surface area contributed by atoms with Crippen molar-refractivity contribution in [1.29, 1.82) is 0 Å². The highest BCUT2D eigenvalue weighted by molar-refractivity contribution is 5.90. The average Bonchev–Trinajstić information content (AvgIpc) is 3.24. The molecule has 0 spiro atoms. The van der Waals surface area contributed by atoms with E-state index in [2.05, 4.69) is 26.8 Å². The maximum Gasteiger partial charge on any atom is 0.195 e. The van der Waals surface area contributed by atoms with Gasteiger partial charge in [0.1, 0.15) is 5.83 Å². The lowest BCUT2D eigenvalue weighted by Crippen LogP contribution is -2.50. The van der Waals surface area contributed by atoms with Crippen LogP contribution in [0.2, 0.25) is 0 Å². The van der Waals surface area contributed by atoms with Gasteiger partial charge in [-0.05, 0) is 110 Å². The first kappa shape index (κ1) is 29.2. The summed E-state index contributed by atoms with van der Waals surface area (Å²) >= 11 is 0. The highest BCUT2D eigenvalue weighted by Crippen LogP contribution is 2.67. The van der Waals surface area contributed by atoms with E-state index >= 15 is 4.39 Å². The summed E-state index contributed by atoms with van der Waals surface area (Å²) in [4.78, 5) is 12.8. The number of carbonyl (C=O) groups excluding carboxylic acids is 1. The van der Waals surface area contributed by atoms with Gasteiger partial charge in [-0.2, -0.15) is 0 Å². The van der Waals surface area contributed by atoms with Crippen molar-refractivity contribution < 1.29 is 18.7 Å². The highest BCUT2D eigenvalue weighted by atomic mass is 19.1. The second kappa shape index (κ2) is 10.8. The Balaban J connectivity index is 1.15. The molecule has 11 atom stereocenters. The topological polar surface area (TPSA) is 37.3 Å². The number of carbonyl (C=O) groups is 1. The number of halogens is 2. The zero-order chi connectivity index (χ0) is 28.2. The SMILES string of the molecule is CC(CCC[C@@H](C)[C@H]1CC[C@H]2[C@@H]3CC=C4C[C@@H](O)CC[C@]4(C)[C@H]3CC[C@]12C)CC(=O)C1(F)C=C(F)C=CC1C. The molecular formula is C35H52F2O2. The fourth-order valence-electron chi connectivity index (χ4n) is 10.3. The van der Waals surface area contributed by atoms with Gasteiger partial charge in [0.25, 0.3) is 0 Å². The molecule has 2 nitrogen and oxygen atoms in total. The van der Waals surface area contributed by atoms with Gasteiger partial charge in [0.05, 0.1) is 6.10 Å². The van der Waals surface area contributed by atoms with Crippen LogP contribution in [0.5, 0.6) is 0 Å². The molecule has 3 fully saturated rings. The number of ketones is 1. The molecule has 39 heavy (non-hydrogen) atoms. The zero-order valence-electron chi connectivity index (χ0n) is 25.0. The van der Waals surface area contributed by atoms with Crippen LogP contribution in [-0.4, -0.2) is 22.7 Å². The Bertz CT molecular complexity index is 1030. The number of allylic oxidation sites excluding steroid dienone is 5. The number of hydrogen-bond donors (Lipinski definition) is 1. The number of rotatable bonds is 8. The van der Waals surface area contributed by atoms with Gasteiger partial charge in [-0.1, -0.05) is 71.6 Å². The van der Waals surface area contributed by atoms with Crippen LogP contribution in [0.25, 0.3) is 0 Å². The zero-order valence-corrected chi connectivity index (χ0v) is 25.0. The number of aliphatic hydroxyl groups excluding tert-OH is 1. The molecule has 0 aromatic rings. The molecule has 0 aliphatic heterocycles. The molecule has 0 aromatic carbocycles. The van der Waals surface area contributed by atoms with Crippen molar-refractivity contribution in [1.82, 2.24) is 0 Å². The Hall–Kier alpha value is -1.29. The third-order valence-corrected chi connectivity index (χ3v) is 12.7. The van der Waals surface area contributed by atoms with Gasteiger partial charge in [-0.25, -0.2) is 8.78 Å². The predicted octanol–water partition coefficient (Wildman–Crippen LogP) is 9.10. The Morgan fingerprint density at radius 3 is 2.64 bits per heavy atom. The molecule has 1 N–H and O–H groups in total. The lowest BCUT2D eigenvalue weighted by Gasteiger charge is -2.58. The second-order valence-electron chi connectivity index (χ2n) is 15.0. The van der Waals surface area contributed by atoms with Gasteiger partial charge in [0, 0.05) is 12.3 Å². The Kier molecular flexibility index (Phi) is 8.12. The van der Waals surface area contributed by atoms with Gasteiger partial charge in [-0.3, -0.25) is 4.79 Å². The van der Waals surface area contributed by atoms with Crippen molar-refractivity contribution in [3.05, 3.63) is 35.7 Å². The highest BCUT2D eigenvalue weighted by Gasteiger charge is 2.59. The van der Waals surface area contributed by atoms with Crippen molar-refractivity contribution in [3.63, 3.8) is 0 Å². The summed E-state index contributed by atoms with van der Waals surface area (Å²) in [5.74, 6) is 2.13. The number of fused-ring (bicyclic) bond motifs is 5. The summed E-state index contributed by atoms with van der Waals surface area (Å²) in [5.41, 5.74) is 0.0539. The van der Waals surface area contributed by atoms with E-state index in [0.29, 0.717) is 16.7 Å². The fraction of sp³-hybridized carbons (Fsp3) is 0.800. The second-order valence-corrected chi connectivity index (χ2v) is 15.0. The van der Waals surface area contributed by atoms with Crippen LogP contribution in [0.1, 0.15) is 112 Å². The minimum absolute atomic E-state index is 0.104. The van der Waals surface area contributed by atoms with E-state index < -0.39 is 23.2 Å². The maximum atomic E-state index is 15.3. The summed E-state index contributed by atoms with van der Waals surface area (Å²) in [7, 11) is 0. The van der Waals surface area contributed by atoms with Gasteiger partial charge in [-0.15, -0.1) is 0 Å². The standard InChI is InChI=1S/C35H52F2O2/c1-22(19-32(39)35(37)21-26(36)11-9-24(35)3)7-6-8-23(2)29-13-14-30-28-12-10-25-20-27(38)15-17-33(25,4)31(28)16-18-34(29,30)5/h9-11,21-24,27-31,38H,6-8,12-20H2,1-5H3/t22?,23-,24?,27+,28+,29-,30+,31+,33+,34-,35?/m1/s1. The molecule has 0 amide bonds. The number of alkyl halides is 1. The van der Waals surface area contributed by atoms with Gasteiger partial charge >= 0.3 is 0 Å². The Labute approximate surface area is 235 Å². The van der Waals surface area contributed by atoms with Gasteiger partial charge < -0.3 is 5.11 Å². The summed E-state index contributed by atoms with van der Waals surface area (Å²) in [5, 5.41) is 10.3. The molecule has 4 heteroatoms. The van der Waals surface area contributed by atoms with Crippen molar-refractivity contribution in [2.75, 3.05) is 0 Å². The van der Waals surface area contributed by atoms with E-state index in [0.717, 1.165) is 68.3 Å². The first-order valence-electron chi connectivity index (χ1n) is 16.0. The quantitative estimate of drug-likeness (QED) is 0.311. The summed E-state index contributed by atoms with van der Waals surface area (Å²) in [6, 6.07) is 0. The molecule has 5 rings (SSSR count). The van der Waals surface area contributed by atoms with E-state index in [9.17, 15) is 14.3 Å². The molecule has 3 saturated carbocycles. The van der Waals surface area contributed by atoms with Crippen LogP contribution in [-0.2, 0) is 4.79 Å². The molecule has 3 unspecified atom stereocenters. The van der Waals surface area contributed by atoms with Crippen molar-refractivity contribution >= 4 is 5.78 Å². The molecule has 0 heterocycles. The summed E-state index contributed by atoms with van der Waals surface area (Å²) < 4.78 is 29.1. The molecule has 5 aliphatic carbocycles. The maximum absolute atomic E-state index is 15.3. The summed E-state index contributed by atoms with van der Waals surface area (Å²) in [6.45, 7) is 11.2. The van der Waals surface area contributed by atoms with E-state index in [1.54, 1.807) is 12.5 Å². The third-order valence-electron chi connectivity index (χ3n) is 12.7. The first-order chi connectivity index (χ1) is 18.4. The molecule has 0 bridgehead atoms. The predicted molar refractivity (Wildman–Crippen MR) is 154 cm³/mol. The van der Waals surface area contributed by atoms with Gasteiger partial charge in [0.2, 0.25) is 0 Å². The van der Waals surface area contributed by atoms with Crippen molar-refractivity contribution in [3.8, 4) is 0 Å². The molecular weight excluding hydrogens is 490 g/mol. The van der Waals surface area contributed by atoms with Crippen molar-refractivity contribution in [2.45, 2.75) is 123 Å². The van der Waals surface area contributed by atoms with Crippen molar-refractivity contribution in [2.24, 2.45) is 52.3 Å². The lowest BCUT2D eigenvalue weighted by molar-refractivity contribution is -0.130. The average molecular weight is 543 g/mol. The molecule has 5 aliphatic rings. The van der Waals surface area contributed by atoms with Crippen LogP contribution in [0.3, 0.4) is 0 Å². The van der Waals surface area contributed by atoms with Crippen LogP contribution in [0, 0.1) is 52.3 Å². The number of hydrogen-bond acceptors (Lipinski definition) is 2. The number of Topliss-reactive ketones (excluding diaryl/α,β-unsaturated/α-hetero) is 1. The molecule has 0 aromatic heterocycles. The molecule has 218 valence electrons. The Morgan fingerprint density at radius 2 is 1.87 bits per heavy atom. The van der Waals surface area contributed by atoms with Crippen LogP contribution >= 0.6 is 0 Å². The van der Waals surface area contributed by atoms with Crippen LogP contribution in [0.4, 0.5) is 8.78 Å². The normalized spacial score (nSPS) is 44.9. The lowest BCUT2D eigenvalue weighted by atomic mass is 9.47. The van der Waals surface area contributed by atoms with E-state index in [1.807, 2.05) is 6.92 Å². The van der Waals surface area contributed by atoms with Gasteiger partial charge in [0.15, 0.2) is 11.5 Å². The van der Waals surface area contributed by atoms with Crippen LogP contribution < -0.4 is 0 Å².